The van der Waals surface area contributed by atoms with Gasteiger partial charge in [0.15, 0.2) is 0 Å². The van der Waals surface area contributed by atoms with Crippen molar-refractivity contribution >= 4 is 0 Å². The van der Waals surface area contributed by atoms with Gasteiger partial charge in [-0.1, -0.05) is 0 Å². The van der Waals surface area contributed by atoms with Crippen molar-refractivity contribution in [2.75, 3.05) is 6.61 Å². The quantitative estimate of drug-likeness (QED) is 0.458. The van der Waals surface area contributed by atoms with E-state index in [0.29, 0.717) is 0 Å². The van der Waals surface area contributed by atoms with Gasteiger partial charge in [-0.05, 0) is 20.8 Å². The molecule has 0 atom stereocenters. The number of allylic oxidation sites excluding steroid dienone is 1. The number of aliphatic hydroxyl groups excluding tert-OH is 1. The molecule has 4 heteroatoms. The summed E-state index contributed by atoms with van der Waals surface area (Å²) in [6, 6.07) is 0. The lowest BCUT2D eigenvalue weighted by Gasteiger charge is -2.30. The molecule has 1 heterocycles. The van der Waals surface area contributed by atoms with E-state index in [0.717, 1.165) is 11.4 Å². The van der Waals surface area contributed by atoms with Crippen molar-refractivity contribution in [3.8, 4) is 0 Å². The fraction of sp³-hybridized carbons (Fsp3) is 0.714. The van der Waals surface area contributed by atoms with Gasteiger partial charge in [-0.2, -0.15) is 0 Å². The van der Waals surface area contributed by atoms with Gasteiger partial charge < -0.3 is 10.4 Å². The van der Waals surface area contributed by atoms with Crippen molar-refractivity contribution in [2.24, 2.45) is 5.84 Å². The van der Waals surface area contributed by atoms with Crippen LogP contribution in [-0.4, -0.2) is 22.4 Å². The molecule has 0 aliphatic carbocycles. The van der Waals surface area contributed by atoms with Crippen LogP contribution in [0.5, 0.6) is 0 Å². The summed E-state index contributed by atoms with van der Waals surface area (Å²) in [7, 11) is 0. The summed E-state index contributed by atoms with van der Waals surface area (Å²) in [5.74, 6) is 5.71. The van der Waals surface area contributed by atoms with Crippen molar-refractivity contribution in [3.05, 3.63) is 11.4 Å². The van der Waals surface area contributed by atoms with Gasteiger partial charge in [-0.3, -0.25) is 5.01 Å². The second kappa shape index (κ2) is 2.39. The highest BCUT2D eigenvalue weighted by molar-refractivity contribution is 5.19. The second-order valence-electron chi connectivity index (χ2n) is 3.28. The molecule has 0 saturated carbocycles. The molecule has 1 aliphatic heterocycles. The van der Waals surface area contributed by atoms with E-state index in [1.54, 1.807) is 5.01 Å². The first-order valence-corrected chi connectivity index (χ1v) is 3.63. The van der Waals surface area contributed by atoms with Gasteiger partial charge in [0.1, 0.15) is 5.66 Å². The van der Waals surface area contributed by atoms with Crippen LogP contribution < -0.4 is 11.2 Å². The lowest BCUT2D eigenvalue weighted by Crippen LogP contribution is -2.51. The molecule has 0 bridgehead atoms. The third-order valence-corrected chi connectivity index (χ3v) is 1.97. The highest BCUT2D eigenvalue weighted by atomic mass is 16.3. The Kier molecular flexibility index (Phi) is 1.82. The van der Waals surface area contributed by atoms with E-state index >= 15 is 0 Å². The van der Waals surface area contributed by atoms with Gasteiger partial charge in [0, 0.05) is 5.70 Å². The third-order valence-electron chi connectivity index (χ3n) is 1.97. The van der Waals surface area contributed by atoms with Crippen molar-refractivity contribution in [1.82, 2.24) is 10.3 Å². The summed E-state index contributed by atoms with van der Waals surface area (Å²) in [6.07, 6.45) is 0. The SMILES string of the molecule is CC1=C(CO)N(N)C(C)(C)N1. The molecule has 0 radical (unpaired) electrons. The minimum Gasteiger partial charge on any atom is -0.390 e. The Hall–Kier alpha value is -0.740. The second-order valence-corrected chi connectivity index (χ2v) is 3.28. The first kappa shape index (κ1) is 8.36. The highest BCUT2D eigenvalue weighted by Crippen LogP contribution is 2.22. The summed E-state index contributed by atoms with van der Waals surface area (Å²) in [4.78, 5) is 0. The molecule has 0 aromatic carbocycles. The molecule has 0 aromatic rings. The maximum Gasteiger partial charge on any atom is 0.119 e. The normalized spacial score (nSPS) is 22.5. The summed E-state index contributed by atoms with van der Waals surface area (Å²) in [6.45, 7) is 5.80. The van der Waals surface area contributed by atoms with Crippen molar-refractivity contribution in [1.29, 1.82) is 0 Å². The number of nitrogens with two attached hydrogens (primary N) is 1. The molecule has 0 fully saturated rings. The lowest BCUT2D eigenvalue weighted by molar-refractivity contribution is 0.150. The predicted molar refractivity (Wildman–Crippen MR) is 43.0 cm³/mol. The number of hydrogen-bond acceptors (Lipinski definition) is 4. The Balaban J connectivity index is 2.87. The lowest BCUT2D eigenvalue weighted by atomic mass is 10.2. The van der Waals surface area contributed by atoms with Crippen LogP contribution in [-0.2, 0) is 0 Å². The average molecular weight is 157 g/mol. The fourth-order valence-electron chi connectivity index (χ4n) is 1.30. The van der Waals surface area contributed by atoms with Gasteiger partial charge in [0.25, 0.3) is 0 Å². The molecule has 0 amide bonds. The van der Waals surface area contributed by atoms with E-state index in [4.69, 9.17) is 10.9 Å². The van der Waals surface area contributed by atoms with Crippen LogP contribution >= 0.6 is 0 Å². The molecule has 4 nitrogen and oxygen atoms in total. The van der Waals surface area contributed by atoms with E-state index < -0.39 is 0 Å². The van der Waals surface area contributed by atoms with E-state index in [-0.39, 0.29) is 12.3 Å². The van der Waals surface area contributed by atoms with Gasteiger partial charge in [0.2, 0.25) is 0 Å². The zero-order valence-electron chi connectivity index (χ0n) is 7.18. The first-order valence-electron chi connectivity index (χ1n) is 3.63. The maximum atomic E-state index is 8.92. The Morgan fingerprint density at radius 1 is 1.64 bits per heavy atom. The molecule has 1 aliphatic rings. The highest BCUT2D eigenvalue weighted by Gasteiger charge is 2.32. The molecule has 11 heavy (non-hydrogen) atoms. The topological polar surface area (TPSA) is 61.5 Å². The molecule has 0 saturated heterocycles. The monoisotopic (exact) mass is 157 g/mol. The molecular formula is C7H15N3O. The van der Waals surface area contributed by atoms with E-state index in [9.17, 15) is 0 Å². The van der Waals surface area contributed by atoms with Crippen LogP contribution in [0.2, 0.25) is 0 Å². The predicted octanol–water partition coefficient (Wildman–Crippen LogP) is -0.275. The summed E-state index contributed by atoms with van der Waals surface area (Å²) < 4.78 is 0. The first-order chi connectivity index (χ1) is 4.99. The molecular weight excluding hydrogens is 142 g/mol. The number of hydrogen-bond donors (Lipinski definition) is 3. The van der Waals surface area contributed by atoms with Crippen LogP contribution in [0.1, 0.15) is 20.8 Å². The Morgan fingerprint density at radius 3 is 2.36 bits per heavy atom. The Bertz CT molecular complexity index is 198. The minimum atomic E-state index is -0.276. The number of nitrogens with zero attached hydrogens (tertiary/aromatic N) is 1. The molecule has 0 spiro atoms. The summed E-state index contributed by atoms with van der Waals surface area (Å²) in [5.41, 5.74) is 1.43. The van der Waals surface area contributed by atoms with Gasteiger partial charge in [-0.15, -0.1) is 0 Å². The van der Waals surface area contributed by atoms with Gasteiger partial charge in [-0.25, -0.2) is 5.84 Å². The maximum absolute atomic E-state index is 8.92. The van der Waals surface area contributed by atoms with E-state index in [1.165, 1.54) is 0 Å². The largest absolute Gasteiger partial charge is 0.390 e. The third kappa shape index (κ3) is 1.19. The zero-order chi connectivity index (χ0) is 8.65. The molecule has 1 rings (SSSR count). The van der Waals surface area contributed by atoms with E-state index in [1.807, 2.05) is 20.8 Å². The van der Waals surface area contributed by atoms with Crippen LogP contribution in [0, 0.1) is 0 Å². The fourth-order valence-corrected chi connectivity index (χ4v) is 1.30. The summed E-state index contributed by atoms with van der Waals surface area (Å²) in [5, 5.41) is 13.6. The zero-order valence-corrected chi connectivity index (χ0v) is 7.18. The molecule has 0 aromatic heterocycles. The minimum absolute atomic E-state index is 0.0151. The smallest absolute Gasteiger partial charge is 0.119 e. The molecule has 4 N–H and O–H groups in total. The summed E-state index contributed by atoms with van der Waals surface area (Å²) >= 11 is 0. The number of nitrogens with one attached hydrogen (secondary N) is 1. The Labute approximate surface area is 66.6 Å². The van der Waals surface area contributed by atoms with Crippen LogP contribution in [0.3, 0.4) is 0 Å². The van der Waals surface area contributed by atoms with E-state index in [2.05, 4.69) is 5.32 Å². The Morgan fingerprint density at radius 2 is 2.18 bits per heavy atom. The average Bonchev–Trinajstić information content (AvgIpc) is 2.04. The van der Waals surface area contributed by atoms with Crippen molar-refractivity contribution in [2.45, 2.75) is 26.4 Å². The standard InChI is InChI=1S/C7H15N3O/c1-5-6(4-11)10(8)7(2,3)9-5/h9,11H,4,8H2,1-3H3. The number of aliphatic hydroxyl groups is 1. The van der Waals surface area contributed by atoms with Crippen LogP contribution in [0.4, 0.5) is 0 Å². The van der Waals surface area contributed by atoms with Crippen molar-refractivity contribution < 1.29 is 5.11 Å². The van der Waals surface area contributed by atoms with Gasteiger partial charge >= 0.3 is 0 Å². The van der Waals surface area contributed by atoms with Crippen LogP contribution in [0.25, 0.3) is 0 Å². The van der Waals surface area contributed by atoms with Crippen molar-refractivity contribution in [3.63, 3.8) is 0 Å². The van der Waals surface area contributed by atoms with Crippen LogP contribution in [0.15, 0.2) is 11.4 Å². The number of hydrazine groups is 1. The number of rotatable bonds is 1. The van der Waals surface area contributed by atoms with Gasteiger partial charge in [0.05, 0.1) is 12.3 Å². The molecule has 0 unspecified atom stereocenters. The molecule has 64 valence electrons.